The molecule has 0 fully saturated rings. The fourth-order valence-corrected chi connectivity index (χ4v) is 2.87. The third-order valence-electron chi connectivity index (χ3n) is 3.47. The van der Waals surface area contributed by atoms with Gasteiger partial charge in [0.15, 0.2) is 9.84 Å². The molecule has 0 radical (unpaired) electrons. The lowest BCUT2D eigenvalue weighted by atomic mass is 9.97. The molecule has 0 aliphatic rings. The molecule has 0 heterocycles. The SMILES string of the molecule is Cc1ccc(F)cc1CC(N)c1cccc(S(C)(=O)=O)c1. The first-order chi connectivity index (χ1) is 9.77. The molecule has 2 aromatic carbocycles. The molecule has 0 saturated carbocycles. The van der Waals surface area contributed by atoms with Gasteiger partial charge in [0.25, 0.3) is 0 Å². The highest BCUT2D eigenvalue weighted by Gasteiger charge is 2.13. The molecule has 1 unspecified atom stereocenters. The molecule has 2 rings (SSSR count). The standard InChI is InChI=1S/C16H18FNO2S/c1-11-6-7-14(17)8-13(11)10-16(18)12-4-3-5-15(9-12)21(2,19)20/h3-9,16H,10,18H2,1-2H3. The van der Waals surface area contributed by atoms with Crippen molar-refractivity contribution >= 4 is 9.84 Å². The monoisotopic (exact) mass is 307 g/mol. The molecule has 0 spiro atoms. The van der Waals surface area contributed by atoms with Crippen LogP contribution in [0.15, 0.2) is 47.4 Å². The quantitative estimate of drug-likeness (QED) is 0.945. The number of hydrogen-bond donors (Lipinski definition) is 1. The summed E-state index contributed by atoms with van der Waals surface area (Å²) in [5, 5.41) is 0. The molecule has 0 aliphatic heterocycles. The van der Waals surface area contributed by atoms with Gasteiger partial charge in [-0.1, -0.05) is 18.2 Å². The Morgan fingerprint density at radius 1 is 1.19 bits per heavy atom. The number of rotatable bonds is 4. The zero-order chi connectivity index (χ0) is 15.6. The van der Waals surface area contributed by atoms with Gasteiger partial charge < -0.3 is 5.73 Å². The van der Waals surface area contributed by atoms with Gasteiger partial charge in [-0.05, 0) is 54.3 Å². The Morgan fingerprint density at radius 2 is 1.90 bits per heavy atom. The molecule has 21 heavy (non-hydrogen) atoms. The Kier molecular flexibility index (Phi) is 4.44. The normalized spacial score (nSPS) is 13.1. The summed E-state index contributed by atoms with van der Waals surface area (Å²) in [6, 6.07) is 10.8. The van der Waals surface area contributed by atoms with Crippen molar-refractivity contribution in [3.63, 3.8) is 0 Å². The summed E-state index contributed by atoms with van der Waals surface area (Å²) in [5.41, 5.74) is 8.65. The van der Waals surface area contributed by atoms with Gasteiger partial charge >= 0.3 is 0 Å². The number of hydrogen-bond acceptors (Lipinski definition) is 3. The Bertz CT molecular complexity index is 757. The van der Waals surface area contributed by atoms with E-state index < -0.39 is 9.84 Å². The summed E-state index contributed by atoms with van der Waals surface area (Å²) in [6.45, 7) is 1.90. The minimum atomic E-state index is -3.26. The van der Waals surface area contributed by atoms with Crippen LogP contribution < -0.4 is 5.73 Å². The van der Waals surface area contributed by atoms with Crippen LogP contribution in [0.2, 0.25) is 0 Å². The smallest absolute Gasteiger partial charge is 0.175 e. The molecule has 3 nitrogen and oxygen atoms in total. The predicted octanol–water partition coefficient (Wildman–Crippen LogP) is 2.78. The Morgan fingerprint density at radius 3 is 2.57 bits per heavy atom. The lowest BCUT2D eigenvalue weighted by molar-refractivity contribution is 0.601. The van der Waals surface area contributed by atoms with Gasteiger partial charge in [-0.3, -0.25) is 0 Å². The number of halogens is 1. The van der Waals surface area contributed by atoms with Crippen molar-refractivity contribution in [2.45, 2.75) is 24.3 Å². The number of benzene rings is 2. The summed E-state index contributed by atoms with van der Waals surface area (Å²) >= 11 is 0. The average Bonchev–Trinajstić information content (AvgIpc) is 2.42. The van der Waals surface area contributed by atoms with E-state index in [1.54, 1.807) is 30.3 Å². The largest absolute Gasteiger partial charge is 0.324 e. The Hall–Kier alpha value is -1.72. The van der Waals surface area contributed by atoms with Crippen molar-refractivity contribution in [3.8, 4) is 0 Å². The zero-order valence-corrected chi connectivity index (χ0v) is 12.8. The third kappa shape index (κ3) is 3.89. The van der Waals surface area contributed by atoms with Gasteiger partial charge in [-0.25, -0.2) is 12.8 Å². The summed E-state index contributed by atoms with van der Waals surface area (Å²) in [4.78, 5) is 0.242. The molecule has 112 valence electrons. The second-order valence-corrected chi connectivity index (χ2v) is 7.24. The summed E-state index contributed by atoms with van der Waals surface area (Å²) < 4.78 is 36.4. The minimum Gasteiger partial charge on any atom is -0.324 e. The Labute approximate surface area is 124 Å². The number of aryl methyl sites for hydroxylation is 1. The van der Waals surface area contributed by atoms with Crippen LogP contribution >= 0.6 is 0 Å². The van der Waals surface area contributed by atoms with E-state index in [0.717, 1.165) is 22.9 Å². The van der Waals surface area contributed by atoms with Crippen LogP contribution in [0.3, 0.4) is 0 Å². The third-order valence-corrected chi connectivity index (χ3v) is 4.58. The molecule has 1 atom stereocenters. The highest BCUT2D eigenvalue weighted by atomic mass is 32.2. The van der Waals surface area contributed by atoms with Crippen LogP contribution in [-0.4, -0.2) is 14.7 Å². The summed E-state index contributed by atoms with van der Waals surface area (Å²) in [5.74, 6) is -0.298. The van der Waals surface area contributed by atoms with Crippen LogP contribution in [-0.2, 0) is 16.3 Å². The fourth-order valence-electron chi connectivity index (χ4n) is 2.19. The van der Waals surface area contributed by atoms with Gasteiger partial charge in [0.1, 0.15) is 5.82 Å². The van der Waals surface area contributed by atoms with Crippen LogP contribution in [0, 0.1) is 12.7 Å². The Balaban J connectivity index is 2.28. The first-order valence-corrected chi connectivity index (χ1v) is 8.47. The van der Waals surface area contributed by atoms with Gasteiger partial charge in [0.05, 0.1) is 4.90 Å². The van der Waals surface area contributed by atoms with Gasteiger partial charge in [-0.15, -0.1) is 0 Å². The molecule has 0 aromatic heterocycles. The number of nitrogens with two attached hydrogens (primary N) is 1. The van der Waals surface area contributed by atoms with Crippen molar-refractivity contribution in [2.75, 3.05) is 6.26 Å². The molecule has 2 N–H and O–H groups in total. The van der Waals surface area contributed by atoms with E-state index in [9.17, 15) is 12.8 Å². The van der Waals surface area contributed by atoms with Crippen molar-refractivity contribution in [3.05, 3.63) is 65.0 Å². The minimum absolute atomic E-state index is 0.242. The highest BCUT2D eigenvalue weighted by molar-refractivity contribution is 7.90. The summed E-state index contributed by atoms with van der Waals surface area (Å²) in [7, 11) is -3.26. The van der Waals surface area contributed by atoms with Crippen molar-refractivity contribution in [1.82, 2.24) is 0 Å². The second-order valence-electron chi connectivity index (χ2n) is 5.23. The molecule has 0 aliphatic carbocycles. The molecular weight excluding hydrogens is 289 g/mol. The highest BCUT2D eigenvalue weighted by Crippen LogP contribution is 2.21. The fraction of sp³-hybridized carbons (Fsp3) is 0.250. The second kappa shape index (κ2) is 5.95. The molecule has 5 heteroatoms. The first kappa shape index (κ1) is 15.7. The van der Waals surface area contributed by atoms with Crippen LogP contribution in [0.4, 0.5) is 4.39 Å². The maximum absolute atomic E-state index is 13.3. The van der Waals surface area contributed by atoms with Crippen molar-refractivity contribution in [1.29, 1.82) is 0 Å². The average molecular weight is 307 g/mol. The number of sulfone groups is 1. The molecule has 0 bridgehead atoms. The maximum Gasteiger partial charge on any atom is 0.175 e. The maximum atomic E-state index is 13.3. The van der Waals surface area contributed by atoms with Crippen molar-refractivity contribution in [2.24, 2.45) is 5.73 Å². The van der Waals surface area contributed by atoms with E-state index in [4.69, 9.17) is 5.73 Å². The predicted molar refractivity (Wildman–Crippen MR) is 81.3 cm³/mol. The van der Waals surface area contributed by atoms with Crippen LogP contribution in [0.25, 0.3) is 0 Å². The van der Waals surface area contributed by atoms with Crippen molar-refractivity contribution < 1.29 is 12.8 Å². The van der Waals surface area contributed by atoms with E-state index in [0.29, 0.717) is 6.42 Å². The molecular formula is C16H18FNO2S. The van der Waals surface area contributed by atoms with E-state index in [1.165, 1.54) is 12.1 Å². The van der Waals surface area contributed by atoms with Crippen LogP contribution in [0.5, 0.6) is 0 Å². The van der Waals surface area contributed by atoms with E-state index in [2.05, 4.69) is 0 Å². The molecule has 2 aromatic rings. The van der Waals surface area contributed by atoms with E-state index in [-0.39, 0.29) is 16.8 Å². The molecule has 0 saturated heterocycles. The lowest BCUT2D eigenvalue weighted by Gasteiger charge is -2.15. The first-order valence-electron chi connectivity index (χ1n) is 6.58. The topological polar surface area (TPSA) is 60.2 Å². The summed E-state index contributed by atoms with van der Waals surface area (Å²) in [6.07, 6.45) is 1.62. The lowest BCUT2D eigenvalue weighted by Crippen LogP contribution is -2.14. The zero-order valence-electron chi connectivity index (χ0n) is 12.0. The van der Waals surface area contributed by atoms with Gasteiger partial charge in [0, 0.05) is 12.3 Å². The van der Waals surface area contributed by atoms with E-state index in [1.807, 2.05) is 6.92 Å². The van der Waals surface area contributed by atoms with Crippen LogP contribution in [0.1, 0.15) is 22.7 Å². The van der Waals surface area contributed by atoms with Gasteiger partial charge in [-0.2, -0.15) is 0 Å². The molecule has 0 amide bonds. The van der Waals surface area contributed by atoms with E-state index >= 15 is 0 Å². The van der Waals surface area contributed by atoms with Gasteiger partial charge in [0.2, 0.25) is 0 Å².